The van der Waals surface area contributed by atoms with Gasteiger partial charge in [-0.25, -0.2) is 0 Å². The third-order valence-corrected chi connectivity index (χ3v) is 4.88. The summed E-state index contributed by atoms with van der Waals surface area (Å²) in [5.41, 5.74) is 0. The van der Waals surface area contributed by atoms with Crippen LogP contribution in [0.2, 0.25) is 15.8 Å². The Kier molecular flexibility index (Phi) is 6.69. The zero-order valence-electron chi connectivity index (χ0n) is 6.31. The van der Waals surface area contributed by atoms with E-state index in [4.69, 9.17) is 23.2 Å². The van der Waals surface area contributed by atoms with Crippen molar-refractivity contribution in [3.8, 4) is 0 Å². The summed E-state index contributed by atoms with van der Waals surface area (Å²) in [5.74, 6) is 2.13. The molecule has 1 aromatic carbocycles. The summed E-state index contributed by atoms with van der Waals surface area (Å²) in [6, 6.07) is 3.63. The van der Waals surface area contributed by atoms with Crippen LogP contribution in [0.25, 0.3) is 0 Å². The molecule has 62 valence electrons. The Morgan fingerprint density at radius 1 is 1.25 bits per heavy atom. The first kappa shape index (κ1) is 13.4. The van der Waals surface area contributed by atoms with Gasteiger partial charge >= 0.3 is 0 Å². The van der Waals surface area contributed by atoms with Crippen molar-refractivity contribution in [2.24, 2.45) is 0 Å². The van der Waals surface area contributed by atoms with Gasteiger partial charge in [0.1, 0.15) is 0 Å². The van der Waals surface area contributed by atoms with Gasteiger partial charge in [-0.05, 0) is 12.1 Å². The van der Waals surface area contributed by atoms with Gasteiger partial charge in [0.15, 0.2) is 0 Å². The Hall–Kier alpha value is 1.40. The summed E-state index contributed by atoms with van der Waals surface area (Å²) in [4.78, 5) is 0. The zero-order valence-corrected chi connectivity index (χ0v) is 12.0. The van der Waals surface area contributed by atoms with E-state index in [1.54, 1.807) is 6.07 Å². The molecular weight excluding hydrogens is 313 g/mol. The van der Waals surface area contributed by atoms with Crippen LogP contribution in [-0.4, -0.2) is 15.2 Å². The van der Waals surface area contributed by atoms with Gasteiger partial charge in [-0.2, -0.15) is 0 Å². The summed E-state index contributed by atoms with van der Waals surface area (Å²) >= 11 is 15.4. The quantitative estimate of drug-likeness (QED) is 0.551. The molecule has 0 spiro atoms. The van der Waals surface area contributed by atoms with Gasteiger partial charge in [-0.15, -0.1) is 5.79 Å². The fourth-order valence-electron chi connectivity index (χ4n) is 0.807. The third kappa shape index (κ3) is 2.96. The maximum absolute atomic E-state index is 5.93. The Labute approximate surface area is 109 Å². The van der Waals surface area contributed by atoms with Gasteiger partial charge in [-0.1, -0.05) is 43.6 Å². The number of rotatable bonds is 1. The molecule has 0 amide bonds. The van der Waals surface area contributed by atoms with E-state index in [2.05, 4.69) is 21.7 Å². The van der Waals surface area contributed by atoms with E-state index < -0.39 is 0 Å². The SMILES string of the molecule is [CH3][Al][c]1c(Cl)ccc(Cl)c1Br.[V]. The Bertz CT molecular complexity index is 280. The van der Waals surface area contributed by atoms with Gasteiger partial charge < -0.3 is 0 Å². The Morgan fingerprint density at radius 3 is 2.17 bits per heavy atom. The minimum atomic E-state index is 0. The molecule has 0 atom stereocenters. The van der Waals surface area contributed by atoms with E-state index >= 15 is 0 Å². The van der Waals surface area contributed by atoms with E-state index in [0.717, 1.165) is 18.9 Å². The van der Waals surface area contributed by atoms with Crippen LogP contribution in [0, 0.1) is 0 Å². The van der Waals surface area contributed by atoms with Crippen LogP contribution < -0.4 is 4.43 Å². The molecule has 0 aromatic heterocycles. The van der Waals surface area contributed by atoms with Crippen LogP contribution in [0.3, 0.4) is 0 Å². The van der Waals surface area contributed by atoms with Crippen molar-refractivity contribution in [2.75, 3.05) is 0 Å². The molecule has 12 heavy (non-hydrogen) atoms. The second-order valence-corrected chi connectivity index (χ2v) is 4.81. The first-order chi connectivity index (χ1) is 5.16. The molecule has 0 aliphatic rings. The summed E-state index contributed by atoms with van der Waals surface area (Å²) in [6.07, 6.45) is 0. The molecular formula is C7H5AlBrCl2V. The normalized spacial score (nSPS) is 9.00. The molecule has 0 fully saturated rings. The number of hydrogen-bond acceptors (Lipinski definition) is 0. The predicted octanol–water partition coefficient (Wildman–Crippen LogP) is 3.13. The van der Waals surface area contributed by atoms with Crippen LogP contribution in [0.4, 0.5) is 0 Å². The van der Waals surface area contributed by atoms with Crippen molar-refractivity contribution in [3.63, 3.8) is 0 Å². The largest absolute Gasteiger partial charge is 0.251 e. The van der Waals surface area contributed by atoms with E-state index in [-0.39, 0.29) is 33.8 Å². The molecule has 5 heteroatoms. The van der Waals surface area contributed by atoms with Gasteiger partial charge in [0.2, 0.25) is 0 Å². The van der Waals surface area contributed by atoms with Crippen molar-refractivity contribution in [1.29, 1.82) is 0 Å². The number of benzene rings is 1. The molecule has 0 bridgehead atoms. The molecule has 0 aliphatic carbocycles. The van der Waals surface area contributed by atoms with E-state index in [9.17, 15) is 0 Å². The molecule has 1 aromatic rings. The first-order valence-corrected chi connectivity index (χ1v) is 6.37. The van der Waals surface area contributed by atoms with E-state index in [1.807, 2.05) is 6.07 Å². The van der Waals surface area contributed by atoms with Crippen LogP contribution in [-0.2, 0) is 18.6 Å². The number of hydrogen-bond donors (Lipinski definition) is 0. The molecule has 2 radical (unpaired) electrons. The fourth-order valence-corrected chi connectivity index (χ4v) is 3.48. The minimum Gasteiger partial charge on any atom is -0.110 e. The second kappa shape index (κ2) is 5.99. The molecule has 0 unspecified atom stereocenters. The van der Waals surface area contributed by atoms with Gasteiger partial charge in [0.25, 0.3) is 15.2 Å². The Morgan fingerprint density at radius 2 is 1.75 bits per heavy atom. The van der Waals surface area contributed by atoms with Crippen molar-refractivity contribution >= 4 is 58.8 Å². The minimum absolute atomic E-state index is 0. The first-order valence-electron chi connectivity index (χ1n) is 3.09. The van der Waals surface area contributed by atoms with Crippen molar-refractivity contribution in [3.05, 3.63) is 26.7 Å². The molecule has 0 N–H and O–H groups in total. The topological polar surface area (TPSA) is 0 Å². The smallest absolute Gasteiger partial charge is 0.110 e. The van der Waals surface area contributed by atoms with Crippen LogP contribution in [0.1, 0.15) is 0 Å². The van der Waals surface area contributed by atoms with Crippen molar-refractivity contribution < 1.29 is 18.6 Å². The molecule has 0 aliphatic heterocycles. The summed E-state index contributed by atoms with van der Waals surface area (Å²) in [6.45, 7) is 0. The van der Waals surface area contributed by atoms with Crippen LogP contribution >= 0.6 is 39.1 Å². The maximum atomic E-state index is 5.93. The van der Waals surface area contributed by atoms with Gasteiger partial charge in [0, 0.05) is 28.1 Å². The average Bonchev–Trinajstić information content (AvgIpc) is 1.99. The Balaban J connectivity index is 0.00000121. The average molecular weight is 318 g/mol. The third-order valence-electron chi connectivity index (χ3n) is 1.37. The fraction of sp³-hybridized carbons (Fsp3) is 0.143. The second-order valence-electron chi connectivity index (χ2n) is 2.05. The monoisotopic (exact) mass is 316 g/mol. The maximum Gasteiger partial charge on any atom is 0.251 e. The summed E-state index contributed by atoms with van der Waals surface area (Å²) < 4.78 is 2.10. The zero-order chi connectivity index (χ0) is 8.43. The van der Waals surface area contributed by atoms with Crippen LogP contribution in [0.5, 0.6) is 0 Å². The molecule has 0 saturated carbocycles. The molecule has 1 rings (SSSR count). The summed E-state index contributed by atoms with van der Waals surface area (Å²) in [5, 5.41) is 1.54. The number of halogens is 3. The molecule has 0 nitrogen and oxygen atoms in total. The standard InChI is InChI=1S/C6H2BrCl2.CH3.Al.V/c7-5-3-4(8)1-2-6(5)9;;;/h1-2H;1H3;;. The van der Waals surface area contributed by atoms with Crippen molar-refractivity contribution in [1.82, 2.24) is 0 Å². The van der Waals surface area contributed by atoms with Gasteiger partial charge in [-0.3, -0.25) is 0 Å². The van der Waals surface area contributed by atoms with Gasteiger partial charge in [0.05, 0.1) is 5.02 Å². The molecule has 0 saturated heterocycles. The summed E-state index contributed by atoms with van der Waals surface area (Å²) in [7, 11) is 0. The van der Waals surface area contributed by atoms with E-state index in [1.165, 1.54) is 0 Å². The van der Waals surface area contributed by atoms with Crippen molar-refractivity contribution in [2.45, 2.75) is 5.79 Å². The van der Waals surface area contributed by atoms with Crippen LogP contribution in [0.15, 0.2) is 16.6 Å². The molecule has 0 heterocycles. The predicted molar refractivity (Wildman–Crippen MR) is 55.4 cm³/mol. The van der Waals surface area contributed by atoms with E-state index in [0.29, 0.717) is 0 Å².